The van der Waals surface area contributed by atoms with Gasteiger partial charge in [0.1, 0.15) is 16.5 Å². The number of halogens is 1. The molecule has 7 rings (SSSR count). The minimum Gasteiger partial charge on any atom is -0.492 e. The van der Waals surface area contributed by atoms with E-state index in [0.717, 1.165) is 85.6 Å². The molecule has 0 saturated carbocycles. The summed E-state index contributed by atoms with van der Waals surface area (Å²) < 4.78 is 11.7. The first kappa shape index (κ1) is 35.5. The lowest BCUT2D eigenvalue weighted by Gasteiger charge is -2.47. The second-order valence-electron chi connectivity index (χ2n) is 13.3. The van der Waals surface area contributed by atoms with Gasteiger partial charge in [-0.15, -0.1) is 0 Å². The van der Waals surface area contributed by atoms with Gasteiger partial charge in [-0.25, -0.2) is 25.8 Å². The predicted molar refractivity (Wildman–Crippen MR) is 203 cm³/mol. The van der Waals surface area contributed by atoms with Crippen molar-refractivity contribution in [2.75, 3.05) is 42.8 Å². The average Bonchev–Trinajstić information content (AvgIpc) is 3.20. The van der Waals surface area contributed by atoms with E-state index in [2.05, 4.69) is 29.7 Å². The number of aromatic nitrogens is 6. The highest BCUT2D eigenvalue weighted by molar-refractivity contribution is 6.33. The van der Waals surface area contributed by atoms with Gasteiger partial charge in [0.15, 0.2) is 0 Å². The SMILES string of the molecule is CCOc1cc(CN2CCC(C3CC(N(N)c4ncc(-c5cccnc5)cn4)CCN3c3ncc(-c4cccnc4)cn3)CC2)cc(OCC)c1Cl. The van der Waals surface area contributed by atoms with Gasteiger partial charge in [-0.1, -0.05) is 23.7 Å². The monoisotopic (exact) mass is 720 g/mol. The molecule has 5 aromatic rings. The van der Waals surface area contributed by atoms with Crippen LogP contribution in [0.2, 0.25) is 5.02 Å². The standard InChI is InChI=1S/C39H45ClN10O2/c1-3-51-35-17-27(18-36(37(35)40)52-4-2)26-48-14-9-28(10-15-48)34-19-33(50(41)39-46-24-32(25-47-39)30-8-6-13-43-21-30)11-16-49(34)38-44-22-31(23-45-38)29-7-5-12-42-20-29/h5-8,12-13,17-18,20-25,28,33-34H,3-4,9-11,14-16,19,26,41H2,1-2H3. The van der Waals surface area contributed by atoms with Crippen molar-refractivity contribution in [2.45, 2.75) is 58.2 Å². The molecule has 6 heterocycles. The molecule has 52 heavy (non-hydrogen) atoms. The number of benzene rings is 1. The molecule has 0 amide bonds. The Bertz CT molecular complexity index is 1850. The Morgan fingerprint density at radius 3 is 1.88 bits per heavy atom. The Labute approximate surface area is 310 Å². The topological polar surface area (TPSA) is 132 Å². The maximum Gasteiger partial charge on any atom is 0.240 e. The number of hydrogen-bond donors (Lipinski definition) is 1. The fourth-order valence-corrected chi connectivity index (χ4v) is 7.59. The quantitative estimate of drug-likeness (QED) is 0.112. The number of piperidine rings is 2. The number of hydrogen-bond acceptors (Lipinski definition) is 12. The molecular weight excluding hydrogens is 676 g/mol. The fraction of sp³-hybridized carbons (Fsp3) is 0.385. The molecule has 2 fully saturated rings. The number of nitrogens with two attached hydrogens (primary N) is 1. The molecule has 2 unspecified atom stereocenters. The van der Waals surface area contributed by atoms with Crippen LogP contribution in [0.15, 0.2) is 86.0 Å². The zero-order valence-corrected chi connectivity index (χ0v) is 30.4. The van der Waals surface area contributed by atoms with Crippen molar-refractivity contribution in [3.63, 3.8) is 0 Å². The molecule has 0 spiro atoms. The van der Waals surface area contributed by atoms with Gasteiger partial charge in [-0.2, -0.15) is 0 Å². The van der Waals surface area contributed by atoms with E-state index in [4.69, 9.17) is 36.9 Å². The highest BCUT2D eigenvalue weighted by atomic mass is 35.5. The first-order valence-electron chi connectivity index (χ1n) is 18.1. The van der Waals surface area contributed by atoms with Crippen LogP contribution in [0.3, 0.4) is 0 Å². The smallest absolute Gasteiger partial charge is 0.240 e. The van der Waals surface area contributed by atoms with E-state index in [9.17, 15) is 0 Å². The fourth-order valence-electron chi connectivity index (χ4n) is 7.37. The van der Waals surface area contributed by atoms with Gasteiger partial charge in [-0.3, -0.25) is 19.9 Å². The third-order valence-corrected chi connectivity index (χ3v) is 10.4. The summed E-state index contributed by atoms with van der Waals surface area (Å²) in [5, 5.41) is 2.28. The number of rotatable bonds is 12. The molecule has 4 aromatic heterocycles. The van der Waals surface area contributed by atoms with E-state index in [0.29, 0.717) is 41.6 Å². The van der Waals surface area contributed by atoms with E-state index in [1.54, 1.807) is 23.6 Å². The van der Waals surface area contributed by atoms with Gasteiger partial charge in [0.2, 0.25) is 11.9 Å². The molecule has 2 aliphatic heterocycles. The van der Waals surface area contributed by atoms with Crippen molar-refractivity contribution in [1.29, 1.82) is 0 Å². The van der Waals surface area contributed by atoms with Crippen molar-refractivity contribution in [1.82, 2.24) is 34.8 Å². The van der Waals surface area contributed by atoms with Crippen LogP contribution in [-0.4, -0.2) is 79.7 Å². The van der Waals surface area contributed by atoms with E-state index in [1.165, 1.54) is 0 Å². The molecule has 0 radical (unpaired) electrons. The molecule has 1 aromatic carbocycles. The molecule has 2 atom stereocenters. The third kappa shape index (κ3) is 8.09. The Hall–Kier alpha value is -4.91. The minimum absolute atomic E-state index is 0.0567. The molecule has 2 aliphatic rings. The number of likely N-dealkylation sites (tertiary alicyclic amines) is 1. The van der Waals surface area contributed by atoms with Gasteiger partial charge < -0.3 is 14.4 Å². The molecule has 0 bridgehead atoms. The summed E-state index contributed by atoms with van der Waals surface area (Å²) in [5.74, 6) is 9.82. The molecule has 2 saturated heterocycles. The van der Waals surface area contributed by atoms with Gasteiger partial charge in [-0.05, 0) is 88.4 Å². The summed E-state index contributed by atoms with van der Waals surface area (Å²) in [4.78, 5) is 32.5. The second-order valence-corrected chi connectivity index (χ2v) is 13.6. The van der Waals surface area contributed by atoms with Crippen molar-refractivity contribution in [3.8, 4) is 33.8 Å². The van der Waals surface area contributed by atoms with Crippen molar-refractivity contribution in [2.24, 2.45) is 11.8 Å². The molecule has 270 valence electrons. The molecule has 12 nitrogen and oxygen atoms in total. The van der Waals surface area contributed by atoms with Crippen LogP contribution < -0.4 is 25.2 Å². The Kier molecular flexibility index (Phi) is 11.3. The molecule has 0 aliphatic carbocycles. The number of anilines is 2. The van der Waals surface area contributed by atoms with Crippen LogP contribution in [0.4, 0.5) is 11.9 Å². The normalized spacial score (nSPS) is 18.3. The Morgan fingerprint density at radius 1 is 0.769 bits per heavy atom. The summed E-state index contributed by atoms with van der Waals surface area (Å²) in [7, 11) is 0. The summed E-state index contributed by atoms with van der Waals surface area (Å²) in [6.07, 6.45) is 18.3. The van der Waals surface area contributed by atoms with Gasteiger partial charge in [0, 0.05) is 91.0 Å². The highest BCUT2D eigenvalue weighted by Crippen LogP contribution is 2.38. The number of nitrogens with zero attached hydrogens (tertiary/aromatic N) is 9. The largest absolute Gasteiger partial charge is 0.492 e. The molecule has 2 N–H and O–H groups in total. The first-order valence-corrected chi connectivity index (χ1v) is 18.4. The Balaban J connectivity index is 1.08. The zero-order valence-electron chi connectivity index (χ0n) is 29.7. The highest BCUT2D eigenvalue weighted by Gasteiger charge is 2.39. The maximum atomic E-state index is 6.81. The van der Waals surface area contributed by atoms with E-state index >= 15 is 0 Å². The first-order chi connectivity index (χ1) is 25.5. The summed E-state index contributed by atoms with van der Waals surface area (Å²) in [6, 6.07) is 12.2. The lowest BCUT2D eigenvalue weighted by molar-refractivity contribution is 0.148. The van der Waals surface area contributed by atoms with Crippen LogP contribution in [0.1, 0.15) is 45.1 Å². The van der Waals surface area contributed by atoms with Gasteiger partial charge in [0.05, 0.1) is 19.3 Å². The summed E-state index contributed by atoms with van der Waals surface area (Å²) >= 11 is 6.59. The molecular formula is C39H45ClN10O2. The van der Waals surface area contributed by atoms with Crippen LogP contribution >= 0.6 is 11.6 Å². The van der Waals surface area contributed by atoms with E-state index < -0.39 is 0 Å². The lowest BCUT2D eigenvalue weighted by atomic mass is 9.82. The predicted octanol–water partition coefficient (Wildman–Crippen LogP) is 6.47. The lowest BCUT2D eigenvalue weighted by Crippen LogP contribution is -2.56. The zero-order chi connectivity index (χ0) is 35.9. The number of ether oxygens (including phenoxy) is 2. The summed E-state index contributed by atoms with van der Waals surface area (Å²) in [6.45, 7) is 8.49. The average molecular weight is 721 g/mol. The van der Waals surface area contributed by atoms with E-state index in [1.807, 2.05) is 81.2 Å². The second kappa shape index (κ2) is 16.6. The Morgan fingerprint density at radius 2 is 1.35 bits per heavy atom. The third-order valence-electron chi connectivity index (χ3n) is 10.0. The number of pyridine rings is 2. The van der Waals surface area contributed by atoms with Crippen LogP contribution in [0.5, 0.6) is 11.5 Å². The van der Waals surface area contributed by atoms with Crippen molar-refractivity contribution >= 4 is 23.5 Å². The maximum absolute atomic E-state index is 6.81. The summed E-state index contributed by atoms with van der Waals surface area (Å²) in [5.41, 5.74) is 4.93. The number of hydrazine groups is 1. The van der Waals surface area contributed by atoms with E-state index in [-0.39, 0.29) is 12.1 Å². The minimum atomic E-state index is 0.0567. The van der Waals surface area contributed by atoms with Crippen LogP contribution in [0, 0.1) is 5.92 Å². The van der Waals surface area contributed by atoms with Crippen LogP contribution in [-0.2, 0) is 6.54 Å². The van der Waals surface area contributed by atoms with Gasteiger partial charge >= 0.3 is 0 Å². The van der Waals surface area contributed by atoms with Gasteiger partial charge in [0.25, 0.3) is 0 Å². The van der Waals surface area contributed by atoms with Crippen molar-refractivity contribution < 1.29 is 9.47 Å². The van der Waals surface area contributed by atoms with Crippen molar-refractivity contribution in [3.05, 3.63) is 96.6 Å². The van der Waals surface area contributed by atoms with Crippen LogP contribution in [0.25, 0.3) is 22.3 Å². The molecule has 13 heteroatoms.